The number of aryl methyl sites for hydroxylation is 2. The molecule has 8 heteroatoms. The summed E-state index contributed by atoms with van der Waals surface area (Å²) in [7, 11) is 0. The molecule has 0 saturated carbocycles. The summed E-state index contributed by atoms with van der Waals surface area (Å²) in [5.41, 5.74) is 3.30. The predicted octanol–water partition coefficient (Wildman–Crippen LogP) is 3.33. The van der Waals surface area contributed by atoms with Gasteiger partial charge in [0.25, 0.3) is 5.91 Å². The van der Waals surface area contributed by atoms with Crippen molar-refractivity contribution in [3.8, 4) is 0 Å². The Morgan fingerprint density at radius 1 is 1.06 bits per heavy atom. The van der Waals surface area contributed by atoms with Crippen molar-refractivity contribution in [1.29, 1.82) is 0 Å². The third-order valence-electron chi connectivity index (χ3n) is 5.29. The van der Waals surface area contributed by atoms with E-state index in [-0.39, 0.29) is 19.0 Å². The first-order chi connectivity index (χ1) is 15.9. The molecule has 1 heterocycles. The second-order valence-electron chi connectivity index (χ2n) is 7.80. The van der Waals surface area contributed by atoms with E-state index in [0.29, 0.717) is 25.1 Å². The lowest BCUT2D eigenvalue weighted by Crippen LogP contribution is -2.41. The van der Waals surface area contributed by atoms with E-state index in [0.717, 1.165) is 22.4 Å². The van der Waals surface area contributed by atoms with Gasteiger partial charge in [0.15, 0.2) is 6.61 Å². The predicted molar refractivity (Wildman–Crippen MR) is 127 cm³/mol. The molecule has 0 spiro atoms. The van der Waals surface area contributed by atoms with Crippen LogP contribution < -0.4 is 5.32 Å². The molecule has 0 atom stereocenters. The number of hydrogen-bond acceptors (Lipinski definition) is 5. The monoisotopic (exact) mass is 450 g/mol. The first-order valence-corrected chi connectivity index (χ1v) is 11.2. The molecule has 1 N–H and O–H groups in total. The minimum absolute atomic E-state index is 0.0293. The molecule has 2 amide bonds. The van der Waals surface area contributed by atoms with Crippen LogP contribution in [0, 0.1) is 6.92 Å². The second-order valence-corrected chi connectivity index (χ2v) is 7.80. The Morgan fingerprint density at radius 2 is 1.79 bits per heavy atom. The maximum atomic E-state index is 12.7. The van der Waals surface area contributed by atoms with Crippen LogP contribution in [0.15, 0.2) is 48.5 Å². The molecule has 8 nitrogen and oxygen atoms in total. The summed E-state index contributed by atoms with van der Waals surface area (Å²) in [5.74, 6) is -0.451. The number of carbonyl (C=O) groups is 3. The number of amides is 2. The molecule has 0 saturated heterocycles. The van der Waals surface area contributed by atoms with Gasteiger partial charge in [-0.05, 0) is 37.1 Å². The number of nitrogens with one attached hydrogen (secondary N) is 1. The lowest BCUT2D eigenvalue weighted by molar-refractivity contribution is -0.152. The molecule has 3 rings (SSSR count). The zero-order chi connectivity index (χ0) is 23.8. The standard InChI is InChI=1S/C25H30N4O4/c1-4-14-28(15-23(30)27-19-11-7-6-10-18(19)3)24(31)17-33-25(32)16-29-21-13-9-8-12-20(21)26-22(29)5-2/h6-13H,4-5,14-17H2,1-3H3,(H,27,30). The lowest BCUT2D eigenvalue weighted by Gasteiger charge is -2.22. The summed E-state index contributed by atoms with van der Waals surface area (Å²) in [6.45, 7) is 5.63. The van der Waals surface area contributed by atoms with Gasteiger partial charge in [0.1, 0.15) is 12.4 Å². The number of ether oxygens (including phenoxy) is 1. The van der Waals surface area contributed by atoms with Crippen LogP contribution in [0.4, 0.5) is 5.69 Å². The van der Waals surface area contributed by atoms with Gasteiger partial charge in [0, 0.05) is 18.7 Å². The Hall–Kier alpha value is -3.68. The number of rotatable bonds is 10. The maximum absolute atomic E-state index is 12.7. The summed E-state index contributed by atoms with van der Waals surface area (Å²) < 4.78 is 7.07. The number of benzene rings is 2. The Balaban J connectivity index is 1.58. The molecule has 0 aliphatic heterocycles. The fourth-order valence-corrected chi connectivity index (χ4v) is 3.62. The van der Waals surface area contributed by atoms with E-state index in [4.69, 9.17) is 4.74 Å². The molecular weight excluding hydrogens is 420 g/mol. The number of nitrogens with zero attached hydrogens (tertiary/aromatic N) is 3. The van der Waals surface area contributed by atoms with Gasteiger partial charge in [-0.3, -0.25) is 14.4 Å². The molecule has 3 aromatic rings. The highest BCUT2D eigenvalue weighted by Crippen LogP contribution is 2.17. The van der Waals surface area contributed by atoms with Crippen LogP contribution in [0.25, 0.3) is 11.0 Å². The summed E-state index contributed by atoms with van der Waals surface area (Å²) >= 11 is 0. The molecule has 1 aromatic heterocycles. The number of anilines is 1. The van der Waals surface area contributed by atoms with Crippen LogP contribution in [-0.4, -0.2) is 51.9 Å². The molecule has 0 radical (unpaired) electrons. The number of aromatic nitrogens is 2. The van der Waals surface area contributed by atoms with E-state index in [2.05, 4.69) is 10.3 Å². The summed E-state index contributed by atoms with van der Waals surface area (Å²) in [4.78, 5) is 43.6. The molecule has 0 unspecified atom stereocenters. The van der Waals surface area contributed by atoms with Gasteiger partial charge in [0.2, 0.25) is 5.91 Å². The van der Waals surface area contributed by atoms with Crippen LogP contribution in [0.1, 0.15) is 31.7 Å². The number of hydrogen-bond donors (Lipinski definition) is 1. The van der Waals surface area contributed by atoms with E-state index in [1.165, 1.54) is 4.90 Å². The fraction of sp³-hybridized carbons (Fsp3) is 0.360. The van der Waals surface area contributed by atoms with Crippen LogP contribution >= 0.6 is 0 Å². The highest BCUT2D eigenvalue weighted by atomic mass is 16.5. The number of fused-ring (bicyclic) bond motifs is 1. The van der Waals surface area contributed by atoms with Crippen LogP contribution in [0.5, 0.6) is 0 Å². The van der Waals surface area contributed by atoms with Crippen LogP contribution in [0.2, 0.25) is 0 Å². The third kappa shape index (κ3) is 6.19. The zero-order valence-corrected chi connectivity index (χ0v) is 19.3. The fourth-order valence-electron chi connectivity index (χ4n) is 3.62. The van der Waals surface area contributed by atoms with Gasteiger partial charge in [0.05, 0.1) is 17.6 Å². The van der Waals surface area contributed by atoms with E-state index in [9.17, 15) is 14.4 Å². The number of imidazole rings is 1. The van der Waals surface area contributed by atoms with Gasteiger partial charge in [-0.15, -0.1) is 0 Å². The molecular formula is C25H30N4O4. The third-order valence-corrected chi connectivity index (χ3v) is 5.29. The molecule has 33 heavy (non-hydrogen) atoms. The van der Waals surface area contributed by atoms with Crippen molar-refractivity contribution >= 4 is 34.5 Å². The minimum Gasteiger partial charge on any atom is -0.454 e. The van der Waals surface area contributed by atoms with Gasteiger partial charge < -0.3 is 19.5 Å². The average molecular weight is 451 g/mol. The number of carbonyl (C=O) groups excluding carboxylic acids is 3. The Morgan fingerprint density at radius 3 is 2.52 bits per heavy atom. The quantitative estimate of drug-likeness (QED) is 0.478. The van der Waals surface area contributed by atoms with E-state index in [1.54, 1.807) is 0 Å². The molecule has 0 aliphatic carbocycles. The summed E-state index contributed by atoms with van der Waals surface area (Å²) in [6, 6.07) is 15.0. The highest BCUT2D eigenvalue weighted by Gasteiger charge is 2.20. The average Bonchev–Trinajstić information content (AvgIpc) is 3.16. The van der Waals surface area contributed by atoms with E-state index >= 15 is 0 Å². The van der Waals surface area contributed by atoms with Crippen molar-refractivity contribution in [3.05, 3.63) is 59.9 Å². The van der Waals surface area contributed by atoms with Crippen molar-refractivity contribution < 1.29 is 19.1 Å². The van der Waals surface area contributed by atoms with Gasteiger partial charge in [-0.1, -0.05) is 44.2 Å². The van der Waals surface area contributed by atoms with Crippen molar-refractivity contribution in [2.45, 2.75) is 40.2 Å². The van der Waals surface area contributed by atoms with E-state index < -0.39 is 18.5 Å². The van der Waals surface area contributed by atoms with Crippen LogP contribution in [-0.2, 0) is 32.1 Å². The lowest BCUT2D eigenvalue weighted by atomic mass is 10.2. The van der Waals surface area contributed by atoms with E-state index in [1.807, 2.05) is 73.9 Å². The van der Waals surface area contributed by atoms with Gasteiger partial charge in [-0.25, -0.2) is 4.98 Å². The molecule has 0 bridgehead atoms. The van der Waals surface area contributed by atoms with Crippen LogP contribution in [0.3, 0.4) is 0 Å². The molecule has 0 fully saturated rings. The topological polar surface area (TPSA) is 93.5 Å². The minimum atomic E-state index is -0.526. The number of para-hydroxylation sites is 3. The zero-order valence-electron chi connectivity index (χ0n) is 19.3. The first-order valence-electron chi connectivity index (χ1n) is 11.2. The summed E-state index contributed by atoms with van der Waals surface area (Å²) in [5, 5.41) is 2.83. The Labute approximate surface area is 193 Å². The van der Waals surface area contributed by atoms with Crippen molar-refractivity contribution in [2.24, 2.45) is 0 Å². The normalized spacial score (nSPS) is 10.8. The SMILES string of the molecule is CCCN(CC(=O)Nc1ccccc1C)C(=O)COC(=O)Cn1c(CC)nc2ccccc21. The summed E-state index contributed by atoms with van der Waals surface area (Å²) in [6.07, 6.45) is 1.35. The molecule has 174 valence electrons. The second kappa shape index (κ2) is 11.3. The van der Waals surface area contributed by atoms with Crippen molar-refractivity contribution in [2.75, 3.05) is 25.0 Å². The van der Waals surface area contributed by atoms with Crippen molar-refractivity contribution in [3.63, 3.8) is 0 Å². The Bertz CT molecular complexity index is 1140. The first kappa shape index (κ1) is 24.0. The number of esters is 1. The van der Waals surface area contributed by atoms with Gasteiger partial charge in [-0.2, -0.15) is 0 Å². The Kier molecular flexibility index (Phi) is 8.18. The van der Waals surface area contributed by atoms with Crippen molar-refractivity contribution in [1.82, 2.24) is 14.5 Å². The van der Waals surface area contributed by atoms with Gasteiger partial charge >= 0.3 is 5.97 Å². The maximum Gasteiger partial charge on any atom is 0.326 e. The molecule has 2 aromatic carbocycles. The smallest absolute Gasteiger partial charge is 0.326 e. The highest BCUT2D eigenvalue weighted by molar-refractivity contribution is 5.95. The molecule has 0 aliphatic rings. The largest absolute Gasteiger partial charge is 0.454 e.